The maximum atomic E-state index is 12.3. The van der Waals surface area contributed by atoms with Crippen molar-refractivity contribution in [2.24, 2.45) is 0 Å². The fraction of sp³-hybridized carbons (Fsp3) is 0.400. The van der Waals surface area contributed by atoms with Gasteiger partial charge in [0.25, 0.3) is 5.91 Å². The van der Waals surface area contributed by atoms with Crippen LogP contribution < -0.4 is 4.74 Å². The quantitative estimate of drug-likeness (QED) is 0.803. The lowest BCUT2D eigenvalue weighted by Crippen LogP contribution is -2.30. The summed E-state index contributed by atoms with van der Waals surface area (Å²) >= 11 is 0. The van der Waals surface area contributed by atoms with E-state index in [9.17, 15) is 9.90 Å². The summed E-state index contributed by atoms with van der Waals surface area (Å²) in [6.45, 7) is 8.69. The van der Waals surface area contributed by atoms with Crippen molar-refractivity contribution in [3.8, 4) is 11.5 Å². The molecule has 0 heterocycles. The number of hydrogen-bond acceptors (Lipinski definition) is 3. The minimum absolute atomic E-state index is 0.0175. The molecule has 0 spiro atoms. The topological polar surface area (TPSA) is 49.8 Å². The van der Waals surface area contributed by atoms with E-state index in [0.29, 0.717) is 36.4 Å². The van der Waals surface area contributed by atoms with Crippen molar-refractivity contribution >= 4 is 5.91 Å². The summed E-state index contributed by atoms with van der Waals surface area (Å²) in [5, 5.41) is 10.3. The summed E-state index contributed by atoms with van der Waals surface area (Å²) in [6.07, 6.45) is 2.12. The van der Waals surface area contributed by atoms with Gasteiger partial charge in [0, 0.05) is 18.7 Å². The number of ether oxygens (including phenoxy) is 1. The zero-order valence-electron chi connectivity index (χ0n) is 11.8. The fourth-order valence-electron chi connectivity index (χ4n) is 2.00. The van der Waals surface area contributed by atoms with Gasteiger partial charge in [-0.25, -0.2) is 0 Å². The van der Waals surface area contributed by atoms with Crippen molar-refractivity contribution in [2.45, 2.75) is 20.3 Å². The maximum Gasteiger partial charge on any atom is 0.257 e. The number of benzene rings is 1. The number of hydrogen-bond donors (Lipinski definition) is 1. The second-order valence-corrected chi connectivity index (χ2v) is 4.11. The fourth-order valence-corrected chi connectivity index (χ4v) is 2.00. The molecule has 0 radical (unpaired) electrons. The Labute approximate surface area is 114 Å². The van der Waals surface area contributed by atoms with Gasteiger partial charge in [0.2, 0.25) is 0 Å². The van der Waals surface area contributed by atoms with E-state index in [4.69, 9.17) is 4.74 Å². The molecule has 0 aliphatic carbocycles. The summed E-state index contributed by atoms with van der Waals surface area (Å²) in [7, 11) is 1.53. The van der Waals surface area contributed by atoms with Crippen LogP contribution in [-0.4, -0.2) is 36.1 Å². The van der Waals surface area contributed by atoms with Gasteiger partial charge in [-0.05, 0) is 32.4 Å². The molecular formula is C15H21NO3. The number of rotatable bonds is 6. The maximum absolute atomic E-state index is 12.3. The van der Waals surface area contributed by atoms with Crippen LogP contribution in [0.3, 0.4) is 0 Å². The van der Waals surface area contributed by atoms with Gasteiger partial charge < -0.3 is 14.7 Å². The molecule has 4 heteroatoms. The number of carbonyl (C=O) groups excluding carboxylic acids is 1. The molecule has 0 saturated carbocycles. The molecule has 0 atom stereocenters. The van der Waals surface area contributed by atoms with Crippen molar-refractivity contribution in [3.05, 3.63) is 35.9 Å². The Morgan fingerprint density at radius 3 is 2.53 bits per heavy atom. The first-order valence-electron chi connectivity index (χ1n) is 6.39. The van der Waals surface area contributed by atoms with Crippen LogP contribution >= 0.6 is 0 Å². The molecular weight excluding hydrogens is 242 g/mol. The Bertz CT molecular complexity index is 465. The van der Waals surface area contributed by atoms with Crippen LogP contribution in [0.1, 0.15) is 29.8 Å². The monoisotopic (exact) mass is 263 g/mol. The smallest absolute Gasteiger partial charge is 0.257 e. The number of allylic oxidation sites excluding steroid dienone is 1. The van der Waals surface area contributed by atoms with Crippen LogP contribution in [0.15, 0.2) is 24.8 Å². The molecule has 0 bridgehead atoms. The molecule has 0 saturated heterocycles. The first-order chi connectivity index (χ1) is 9.10. The van der Waals surface area contributed by atoms with E-state index in [1.54, 1.807) is 23.1 Å². The van der Waals surface area contributed by atoms with E-state index in [-0.39, 0.29) is 11.7 Å². The van der Waals surface area contributed by atoms with Gasteiger partial charge in [0.15, 0.2) is 0 Å². The van der Waals surface area contributed by atoms with Gasteiger partial charge in [-0.15, -0.1) is 6.58 Å². The number of carbonyl (C=O) groups is 1. The van der Waals surface area contributed by atoms with Crippen LogP contribution in [0.4, 0.5) is 0 Å². The van der Waals surface area contributed by atoms with Crippen molar-refractivity contribution in [3.63, 3.8) is 0 Å². The van der Waals surface area contributed by atoms with Crippen LogP contribution in [0.5, 0.6) is 11.5 Å². The van der Waals surface area contributed by atoms with Gasteiger partial charge in [0.05, 0.1) is 12.7 Å². The third-order valence-corrected chi connectivity index (χ3v) is 3.09. The second-order valence-electron chi connectivity index (χ2n) is 4.11. The Morgan fingerprint density at radius 2 is 2.05 bits per heavy atom. The minimum atomic E-state index is -0.171. The molecule has 1 aromatic rings. The van der Waals surface area contributed by atoms with E-state index in [1.165, 1.54) is 7.11 Å². The van der Waals surface area contributed by atoms with Gasteiger partial charge in [-0.2, -0.15) is 0 Å². The number of phenolic OH excluding ortho intramolecular Hbond substituents is 1. The van der Waals surface area contributed by atoms with Crippen molar-refractivity contribution < 1.29 is 14.6 Å². The summed E-state index contributed by atoms with van der Waals surface area (Å²) in [6, 6.07) is 3.30. The van der Waals surface area contributed by atoms with E-state index in [0.717, 1.165) is 0 Å². The summed E-state index contributed by atoms with van der Waals surface area (Å²) < 4.78 is 5.19. The van der Waals surface area contributed by atoms with E-state index >= 15 is 0 Å². The third kappa shape index (κ3) is 3.08. The molecule has 0 unspecified atom stereocenters. The normalized spacial score (nSPS) is 10.1. The first-order valence-corrected chi connectivity index (χ1v) is 6.39. The lowest BCUT2D eigenvalue weighted by atomic mass is 10.0. The molecule has 0 aliphatic rings. The Hall–Kier alpha value is -1.97. The zero-order valence-corrected chi connectivity index (χ0v) is 11.8. The standard InChI is InChI=1S/C15H21NO3/c1-5-8-11-13(19-4)10-9-12(14(11)17)15(18)16(6-2)7-3/h5,9-10,17H,1,6-8H2,2-4H3. The molecule has 1 N–H and O–H groups in total. The van der Waals surface area contributed by atoms with Gasteiger partial charge in [-0.1, -0.05) is 6.08 Å². The number of amides is 1. The molecule has 104 valence electrons. The second kappa shape index (κ2) is 6.83. The summed E-state index contributed by atoms with van der Waals surface area (Å²) in [4.78, 5) is 13.9. The third-order valence-electron chi connectivity index (χ3n) is 3.09. The number of nitrogens with zero attached hydrogens (tertiary/aromatic N) is 1. The van der Waals surface area contributed by atoms with Crippen LogP contribution in [0.25, 0.3) is 0 Å². The predicted octanol–water partition coefficient (Wildman–Crippen LogP) is 2.61. The molecule has 0 aromatic heterocycles. The van der Waals surface area contributed by atoms with Crippen molar-refractivity contribution in [1.82, 2.24) is 4.90 Å². The van der Waals surface area contributed by atoms with Gasteiger partial charge in [0.1, 0.15) is 11.5 Å². The Morgan fingerprint density at radius 1 is 1.42 bits per heavy atom. The van der Waals surface area contributed by atoms with Gasteiger partial charge >= 0.3 is 0 Å². The predicted molar refractivity (Wildman–Crippen MR) is 75.8 cm³/mol. The van der Waals surface area contributed by atoms with Crippen molar-refractivity contribution in [2.75, 3.05) is 20.2 Å². The molecule has 0 fully saturated rings. The highest BCUT2D eigenvalue weighted by atomic mass is 16.5. The summed E-state index contributed by atoms with van der Waals surface area (Å²) in [5.41, 5.74) is 0.900. The van der Waals surface area contributed by atoms with E-state index in [2.05, 4.69) is 6.58 Å². The lowest BCUT2D eigenvalue weighted by molar-refractivity contribution is 0.0769. The Balaban J connectivity index is 3.26. The van der Waals surface area contributed by atoms with Crippen LogP contribution in [-0.2, 0) is 6.42 Å². The van der Waals surface area contributed by atoms with Crippen LogP contribution in [0, 0.1) is 0 Å². The average molecular weight is 263 g/mol. The number of aromatic hydroxyl groups is 1. The SMILES string of the molecule is C=CCc1c(OC)ccc(C(=O)N(CC)CC)c1O. The lowest BCUT2D eigenvalue weighted by Gasteiger charge is -2.20. The van der Waals surface area contributed by atoms with Crippen molar-refractivity contribution in [1.29, 1.82) is 0 Å². The Kier molecular flexibility index (Phi) is 5.42. The largest absolute Gasteiger partial charge is 0.507 e. The molecule has 0 aliphatic heterocycles. The van der Waals surface area contributed by atoms with Gasteiger partial charge in [-0.3, -0.25) is 4.79 Å². The first kappa shape index (κ1) is 15.1. The molecule has 1 aromatic carbocycles. The highest BCUT2D eigenvalue weighted by Crippen LogP contribution is 2.32. The molecule has 4 nitrogen and oxygen atoms in total. The highest BCUT2D eigenvalue weighted by Gasteiger charge is 2.20. The van der Waals surface area contributed by atoms with Crippen LogP contribution in [0.2, 0.25) is 0 Å². The molecule has 1 amide bonds. The van der Waals surface area contributed by atoms with E-state index in [1.807, 2.05) is 13.8 Å². The minimum Gasteiger partial charge on any atom is -0.507 e. The zero-order chi connectivity index (χ0) is 14.4. The number of methoxy groups -OCH3 is 1. The number of phenols is 1. The van der Waals surface area contributed by atoms with E-state index < -0.39 is 0 Å². The average Bonchev–Trinajstić information content (AvgIpc) is 2.42. The highest BCUT2D eigenvalue weighted by molar-refractivity contribution is 5.97. The summed E-state index contributed by atoms with van der Waals surface area (Å²) in [5.74, 6) is 0.375. The molecule has 1 rings (SSSR count). The molecule has 19 heavy (non-hydrogen) atoms.